The van der Waals surface area contributed by atoms with Crippen LogP contribution in [0.4, 0.5) is 10.5 Å². The highest BCUT2D eigenvalue weighted by atomic mass is 16.2. The Balaban J connectivity index is 2.17. The topological polar surface area (TPSA) is 32.3 Å². The van der Waals surface area contributed by atoms with E-state index in [-0.39, 0.29) is 6.03 Å². The van der Waals surface area contributed by atoms with Crippen molar-refractivity contribution in [2.75, 3.05) is 18.4 Å². The second kappa shape index (κ2) is 8.06. The Hall–Kier alpha value is -1.51. The third-order valence-corrected chi connectivity index (χ3v) is 4.15. The van der Waals surface area contributed by atoms with Crippen LogP contribution in [0.5, 0.6) is 0 Å². The monoisotopic (exact) mass is 288 g/mol. The Morgan fingerprint density at radius 2 is 1.62 bits per heavy atom. The molecule has 3 nitrogen and oxygen atoms in total. The maximum atomic E-state index is 12.5. The molecule has 1 aliphatic rings. The van der Waals surface area contributed by atoms with Crippen LogP contribution in [0.1, 0.15) is 57.1 Å². The van der Waals surface area contributed by atoms with E-state index in [9.17, 15) is 4.79 Å². The molecule has 2 rings (SSSR count). The number of para-hydroxylation sites is 1. The molecular formula is C18H28N2O. The van der Waals surface area contributed by atoms with Crippen LogP contribution in [0.15, 0.2) is 18.2 Å². The van der Waals surface area contributed by atoms with Crippen LogP contribution in [0.2, 0.25) is 0 Å². The molecule has 21 heavy (non-hydrogen) atoms. The van der Waals surface area contributed by atoms with Crippen molar-refractivity contribution in [2.45, 2.75) is 58.8 Å². The van der Waals surface area contributed by atoms with E-state index in [4.69, 9.17) is 0 Å². The summed E-state index contributed by atoms with van der Waals surface area (Å²) in [6.07, 6.45) is 7.75. The second-order valence-corrected chi connectivity index (χ2v) is 5.93. The van der Waals surface area contributed by atoms with E-state index >= 15 is 0 Å². The maximum absolute atomic E-state index is 12.5. The first-order valence-electron chi connectivity index (χ1n) is 8.43. The zero-order chi connectivity index (χ0) is 15.1. The van der Waals surface area contributed by atoms with E-state index in [0.717, 1.165) is 57.3 Å². The van der Waals surface area contributed by atoms with Crippen molar-refractivity contribution in [1.82, 2.24) is 4.90 Å². The smallest absolute Gasteiger partial charge is 0.321 e. The normalized spacial score (nSPS) is 15.0. The van der Waals surface area contributed by atoms with E-state index in [1.54, 1.807) is 0 Å². The van der Waals surface area contributed by atoms with E-state index < -0.39 is 0 Å². The minimum Gasteiger partial charge on any atom is -0.325 e. The highest BCUT2D eigenvalue weighted by molar-refractivity contribution is 5.91. The lowest BCUT2D eigenvalue weighted by Crippen LogP contribution is -2.39. The highest BCUT2D eigenvalue weighted by Gasteiger charge is 2.18. The Kier molecular flexibility index (Phi) is 6.09. The summed E-state index contributed by atoms with van der Waals surface area (Å²) in [6, 6.07) is 6.49. The number of hydrogen-bond donors (Lipinski definition) is 1. The largest absolute Gasteiger partial charge is 0.325 e. The number of amides is 2. The summed E-state index contributed by atoms with van der Waals surface area (Å²) >= 11 is 0. The molecule has 1 fully saturated rings. The van der Waals surface area contributed by atoms with Gasteiger partial charge in [-0.3, -0.25) is 0 Å². The molecule has 1 saturated heterocycles. The van der Waals surface area contributed by atoms with Gasteiger partial charge in [-0.1, -0.05) is 44.9 Å². The number of carbonyl (C=O) groups is 1. The molecule has 1 aromatic rings. The number of rotatable bonds is 5. The molecule has 0 saturated carbocycles. The van der Waals surface area contributed by atoms with Crippen molar-refractivity contribution < 1.29 is 4.79 Å². The standard InChI is InChI=1S/C18H28N2O/c1-3-9-15-11-8-12-16(10-4-2)17(15)19-18(21)20-13-6-5-7-14-20/h8,11-12H,3-7,9-10,13-14H2,1-2H3,(H,19,21). The van der Waals surface area contributed by atoms with Gasteiger partial charge in [0.05, 0.1) is 0 Å². The quantitative estimate of drug-likeness (QED) is 0.843. The molecule has 0 bridgehead atoms. The van der Waals surface area contributed by atoms with Gasteiger partial charge in [0.25, 0.3) is 0 Å². The molecule has 0 atom stereocenters. The van der Waals surface area contributed by atoms with Crippen LogP contribution in [0.3, 0.4) is 0 Å². The first-order valence-corrected chi connectivity index (χ1v) is 8.43. The van der Waals surface area contributed by atoms with Crippen molar-refractivity contribution in [3.8, 4) is 0 Å². The van der Waals surface area contributed by atoms with Crippen LogP contribution in [-0.2, 0) is 12.8 Å². The van der Waals surface area contributed by atoms with E-state index in [2.05, 4.69) is 37.4 Å². The lowest BCUT2D eigenvalue weighted by molar-refractivity contribution is 0.200. The fourth-order valence-corrected chi connectivity index (χ4v) is 3.05. The number of anilines is 1. The minimum absolute atomic E-state index is 0.0793. The number of hydrogen-bond acceptors (Lipinski definition) is 1. The van der Waals surface area contributed by atoms with E-state index in [0.29, 0.717) is 0 Å². The van der Waals surface area contributed by atoms with Gasteiger partial charge < -0.3 is 10.2 Å². The molecular weight excluding hydrogens is 260 g/mol. The van der Waals surface area contributed by atoms with Gasteiger partial charge in [0.1, 0.15) is 0 Å². The summed E-state index contributed by atoms with van der Waals surface area (Å²) in [5.74, 6) is 0. The summed E-state index contributed by atoms with van der Waals surface area (Å²) in [5, 5.41) is 3.21. The summed E-state index contributed by atoms with van der Waals surface area (Å²) in [5.41, 5.74) is 3.61. The zero-order valence-corrected chi connectivity index (χ0v) is 13.5. The molecule has 1 heterocycles. The predicted octanol–water partition coefficient (Wildman–Crippen LogP) is 4.61. The number of urea groups is 1. The van der Waals surface area contributed by atoms with Gasteiger partial charge in [-0.25, -0.2) is 4.79 Å². The van der Waals surface area contributed by atoms with Crippen LogP contribution in [0.25, 0.3) is 0 Å². The Morgan fingerprint density at radius 1 is 1.05 bits per heavy atom. The van der Waals surface area contributed by atoms with Gasteiger partial charge in [-0.15, -0.1) is 0 Å². The maximum Gasteiger partial charge on any atom is 0.321 e. The first-order chi connectivity index (χ1) is 10.3. The molecule has 1 aromatic carbocycles. The number of likely N-dealkylation sites (tertiary alicyclic amines) is 1. The molecule has 1 aliphatic heterocycles. The lowest BCUT2D eigenvalue weighted by atomic mass is 10.00. The van der Waals surface area contributed by atoms with Crippen molar-refractivity contribution in [3.05, 3.63) is 29.3 Å². The second-order valence-electron chi connectivity index (χ2n) is 5.93. The SMILES string of the molecule is CCCc1cccc(CCC)c1NC(=O)N1CCCCC1. The summed E-state index contributed by atoms with van der Waals surface area (Å²) in [7, 11) is 0. The summed E-state index contributed by atoms with van der Waals surface area (Å²) in [6.45, 7) is 6.15. The fraction of sp³-hybridized carbons (Fsp3) is 0.611. The van der Waals surface area contributed by atoms with Gasteiger partial charge in [-0.05, 0) is 43.2 Å². The molecule has 116 valence electrons. The number of nitrogens with zero attached hydrogens (tertiary/aromatic N) is 1. The minimum atomic E-state index is 0.0793. The molecule has 1 N–H and O–H groups in total. The van der Waals surface area contributed by atoms with E-state index in [1.807, 2.05) is 4.90 Å². The van der Waals surface area contributed by atoms with Gasteiger partial charge in [0.15, 0.2) is 0 Å². The van der Waals surface area contributed by atoms with Gasteiger partial charge >= 0.3 is 6.03 Å². The third-order valence-electron chi connectivity index (χ3n) is 4.15. The van der Waals surface area contributed by atoms with Crippen molar-refractivity contribution >= 4 is 11.7 Å². The highest BCUT2D eigenvalue weighted by Crippen LogP contribution is 2.25. The van der Waals surface area contributed by atoms with Gasteiger partial charge in [0, 0.05) is 18.8 Å². The lowest BCUT2D eigenvalue weighted by Gasteiger charge is -2.28. The van der Waals surface area contributed by atoms with Crippen LogP contribution >= 0.6 is 0 Å². The number of benzene rings is 1. The van der Waals surface area contributed by atoms with Crippen LogP contribution in [-0.4, -0.2) is 24.0 Å². The van der Waals surface area contributed by atoms with Gasteiger partial charge in [0.2, 0.25) is 0 Å². The van der Waals surface area contributed by atoms with E-state index in [1.165, 1.54) is 17.5 Å². The number of carbonyl (C=O) groups excluding carboxylic acids is 1. The number of nitrogens with one attached hydrogen (secondary N) is 1. The molecule has 0 spiro atoms. The average Bonchev–Trinajstić information content (AvgIpc) is 2.51. The molecule has 2 amide bonds. The van der Waals surface area contributed by atoms with Crippen LogP contribution < -0.4 is 5.32 Å². The summed E-state index contributed by atoms with van der Waals surface area (Å²) < 4.78 is 0. The van der Waals surface area contributed by atoms with Gasteiger partial charge in [-0.2, -0.15) is 0 Å². The number of piperidine rings is 1. The third kappa shape index (κ3) is 4.23. The average molecular weight is 288 g/mol. The fourth-order valence-electron chi connectivity index (χ4n) is 3.05. The Morgan fingerprint density at radius 3 is 2.14 bits per heavy atom. The zero-order valence-electron chi connectivity index (χ0n) is 13.5. The van der Waals surface area contributed by atoms with Crippen molar-refractivity contribution in [1.29, 1.82) is 0 Å². The Bertz CT molecular complexity index is 440. The molecule has 0 radical (unpaired) electrons. The molecule has 3 heteroatoms. The molecule has 0 aromatic heterocycles. The molecule has 0 aliphatic carbocycles. The predicted molar refractivity (Wildman–Crippen MR) is 88.9 cm³/mol. The Labute approximate surface area is 128 Å². The number of aryl methyl sites for hydroxylation is 2. The van der Waals surface area contributed by atoms with Crippen molar-refractivity contribution in [3.63, 3.8) is 0 Å². The summed E-state index contributed by atoms with van der Waals surface area (Å²) in [4.78, 5) is 14.5. The van der Waals surface area contributed by atoms with Crippen molar-refractivity contribution in [2.24, 2.45) is 0 Å². The molecule has 0 unspecified atom stereocenters. The first kappa shape index (κ1) is 15.9. The van der Waals surface area contributed by atoms with Crippen LogP contribution in [0, 0.1) is 0 Å².